The summed E-state index contributed by atoms with van der Waals surface area (Å²) in [5, 5.41) is 0.629. The van der Waals surface area contributed by atoms with Crippen molar-refractivity contribution in [2.75, 3.05) is 51.7 Å². The largest absolute Gasteiger partial charge is 0.493 e. The van der Waals surface area contributed by atoms with Crippen molar-refractivity contribution < 1.29 is 23.7 Å². The molecule has 0 N–H and O–H groups in total. The molecule has 0 atom stereocenters. The highest BCUT2D eigenvalue weighted by Gasteiger charge is 2.31. The number of likely N-dealkylation sites (N-methyl/N-ethyl adjacent to an activating group) is 1. The van der Waals surface area contributed by atoms with Crippen molar-refractivity contribution in [1.29, 1.82) is 0 Å². The molecule has 5 rings (SSSR count). The first-order valence-electron chi connectivity index (χ1n) is 10.9. The van der Waals surface area contributed by atoms with E-state index in [0.717, 1.165) is 43.2 Å². The van der Waals surface area contributed by atoms with Gasteiger partial charge in [-0.05, 0) is 55.1 Å². The fourth-order valence-electron chi connectivity index (χ4n) is 3.80. The maximum absolute atomic E-state index is 12.9. The predicted molar refractivity (Wildman–Crippen MR) is 129 cm³/mol. The van der Waals surface area contributed by atoms with E-state index in [0.29, 0.717) is 33.9 Å². The van der Waals surface area contributed by atoms with Gasteiger partial charge in [-0.1, -0.05) is 0 Å². The van der Waals surface area contributed by atoms with E-state index >= 15 is 0 Å². The number of amides is 1. The quantitative estimate of drug-likeness (QED) is 0.618. The lowest BCUT2D eigenvalue weighted by Crippen LogP contribution is -2.36. The minimum atomic E-state index is -0.108. The molecular formula is C24H25N3O5S. The summed E-state index contributed by atoms with van der Waals surface area (Å²) in [6.07, 6.45) is 1.82. The second kappa shape index (κ2) is 9.36. The van der Waals surface area contributed by atoms with E-state index in [4.69, 9.17) is 23.9 Å². The summed E-state index contributed by atoms with van der Waals surface area (Å²) >= 11 is 1.34. The van der Waals surface area contributed by atoms with Gasteiger partial charge in [0.05, 0.1) is 30.4 Å². The number of fused-ring (bicyclic) bond motifs is 1. The molecule has 0 aliphatic carbocycles. The fourth-order valence-corrected chi connectivity index (χ4v) is 4.77. The number of amidine groups is 1. The van der Waals surface area contributed by atoms with Crippen LogP contribution in [0, 0.1) is 0 Å². The van der Waals surface area contributed by atoms with Crippen LogP contribution in [-0.2, 0) is 9.53 Å². The first kappa shape index (κ1) is 21.7. The summed E-state index contributed by atoms with van der Waals surface area (Å²) in [5.74, 6) is 1.83. The molecule has 0 unspecified atom stereocenters. The zero-order chi connectivity index (χ0) is 22.8. The molecule has 3 aliphatic rings. The third-order valence-corrected chi connectivity index (χ3v) is 6.61. The van der Waals surface area contributed by atoms with E-state index in [9.17, 15) is 4.79 Å². The van der Waals surface area contributed by atoms with Gasteiger partial charge in [-0.2, -0.15) is 0 Å². The maximum Gasteiger partial charge on any atom is 0.266 e. The van der Waals surface area contributed by atoms with Crippen molar-refractivity contribution >= 4 is 40.3 Å². The standard InChI is InChI=1S/C24H25N3O5S/c1-3-30-19-14-21-20(31-15-32-21)12-16(19)13-22-23(28)26(2)24(33-22)25-17-4-6-18(7-5-17)27-8-10-29-11-9-27/h4-7,12-14H,3,8-11,15H2,1-2H3/b22-13+,25-24?. The SMILES string of the molecule is CCOc1cc2c(cc1/C=C1/SC(=Nc3ccc(N4CCOCC4)cc3)N(C)C1=O)OCO2. The summed E-state index contributed by atoms with van der Waals surface area (Å²) in [6, 6.07) is 11.7. The van der Waals surface area contributed by atoms with Crippen LogP contribution in [0.15, 0.2) is 46.3 Å². The fraction of sp³-hybridized carbons (Fsp3) is 0.333. The zero-order valence-corrected chi connectivity index (χ0v) is 19.4. The number of carbonyl (C=O) groups is 1. The van der Waals surface area contributed by atoms with Gasteiger partial charge in [-0.15, -0.1) is 0 Å². The van der Waals surface area contributed by atoms with Crippen LogP contribution < -0.4 is 19.1 Å². The number of anilines is 1. The van der Waals surface area contributed by atoms with E-state index < -0.39 is 0 Å². The van der Waals surface area contributed by atoms with Crippen LogP contribution >= 0.6 is 11.8 Å². The molecule has 3 heterocycles. The van der Waals surface area contributed by atoms with Gasteiger partial charge in [0.15, 0.2) is 16.7 Å². The van der Waals surface area contributed by atoms with Gasteiger partial charge in [0.2, 0.25) is 6.79 Å². The molecule has 2 saturated heterocycles. The number of rotatable bonds is 5. The molecule has 0 spiro atoms. The van der Waals surface area contributed by atoms with Crippen molar-refractivity contribution in [3.05, 3.63) is 46.9 Å². The van der Waals surface area contributed by atoms with Crippen molar-refractivity contribution in [3.8, 4) is 17.2 Å². The first-order chi connectivity index (χ1) is 16.1. The van der Waals surface area contributed by atoms with E-state index in [1.807, 2.05) is 31.2 Å². The average Bonchev–Trinajstić information content (AvgIpc) is 3.40. The molecule has 172 valence electrons. The highest BCUT2D eigenvalue weighted by atomic mass is 32.2. The second-order valence-corrected chi connectivity index (χ2v) is 8.67. The van der Waals surface area contributed by atoms with Gasteiger partial charge < -0.3 is 23.8 Å². The van der Waals surface area contributed by atoms with Gasteiger partial charge in [-0.25, -0.2) is 4.99 Å². The van der Waals surface area contributed by atoms with Gasteiger partial charge in [-0.3, -0.25) is 9.69 Å². The number of ether oxygens (including phenoxy) is 4. The number of hydrogen-bond acceptors (Lipinski definition) is 8. The molecule has 0 saturated carbocycles. The molecule has 2 aromatic carbocycles. The summed E-state index contributed by atoms with van der Waals surface area (Å²) in [4.78, 5) is 22.1. The number of carbonyl (C=O) groups excluding carboxylic acids is 1. The molecule has 0 radical (unpaired) electrons. The normalized spacial score (nSPS) is 20.2. The van der Waals surface area contributed by atoms with E-state index in [1.165, 1.54) is 11.8 Å². The number of aliphatic imine (C=N–C) groups is 1. The Morgan fingerprint density at radius 1 is 1.12 bits per heavy atom. The Morgan fingerprint density at radius 3 is 2.58 bits per heavy atom. The molecular weight excluding hydrogens is 442 g/mol. The topological polar surface area (TPSA) is 72.8 Å². The van der Waals surface area contributed by atoms with E-state index in [-0.39, 0.29) is 12.7 Å². The number of thioether (sulfide) groups is 1. The highest BCUT2D eigenvalue weighted by Crippen LogP contribution is 2.41. The maximum atomic E-state index is 12.9. The number of morpholine rings is 1. The lowest BCUT2D eigenvalue weighted by atomic mass is 10.1. The summed E-state index contributed by atoms with van der Waals surface area (Å²) in [6.45, 7) is 5.87. The Balaban J connectivity index is 1.38. The minimum absolute atomic E-state index is 0.108. The van der Waals surface area contributed by atoms with Crippen LogP contribution in [0.25, 0.3) is 6.08 Å². The van der Waals surface area contributed by atoms with Crippen molar-refractivity contribution in [3.63, 3.8) is 0 Å². The van der Waals surface area contributed by atoms with E-state index in [2.05, 4.69) is 17.0 Å². The Kier molecular flexibility index (Phi) is 6.15. The third-order valence-electron chi connectivity index (χ3n) is 5.55. The Morgan fingerprint density at radius 2 is 1.85 bits per heavy atom. The second-order valence-electron chi connectivity index (χ2n) is 7.66. The van der Waals surface area contributed by atoms with Crippen LogP contribution in [0.4, 0.5) is 11.4 Å². The van der Waals surface area contributed by atoms with Crippen molar-refractivity contribution in [2.24, 2.45) is 4.99 Å². The molecule has 2 fully saturated rings. The van der Waals surface area contributed by atoms with Gasteiger partial charge in [0, 0.05) is 37.5 Å². The molecule has 33 heavy (non-hydrogen) atoms. The number of nitrogens with zero attached hydrogens (tertiary/aromatic N) is 3. The third kappa shape index (κ3) is 4.51. The van der Waals surface area contributed by atoms with Crippen LogP contribution in [0.3, 0.4) is 0 Å². The predicted octanol–water partition coefficient (Wildman–Crippen LogP) is 3.88. The molecule has 3 aliphatic heterocycles. The summed E-state index contributed by atoms with van der Waals surface area (Å²) in [7, 11) is 1.74. The van der Waals surface area contributed by atoms with Gasteiger partial charge in [0.1, 0.15) is 5.75 Å². The Bertz CT molecular complexity index is 1110. The van der Waals surface area contributed by atoms with Crippen molar-refractivity contribution in [1.82, 2.24) is 4.90 Å². The van der Waals surface area contributed by atoms with Gasteiger partial charge >= 0.3 is 0 Å². The van der Waals surface area contributed by atoms with E-state index in [1.54, 1.807) is 18.0 Å². The van der Waals surface area contributed by atoms with Crippen LogP contribution in [-0.4, -0.2) is 62.7 Å². The van der Waals surface area contributed by atoms with Crippen LogP contribution in [0.1, 0.15) is 12.5 Å². The Hall–Kier alpha value is -3.17. The molecule has 0 bridgehead atoms. The summed E-state index contributed by atoms with van der Waals surface area (Å²) in [5.41, 5.74) is 2.72. The van der Waals surface area contributed by atoms with Crippen molar-refractivity contribution in [2.45, 2.75) is 6.92 Å². The summed E-state index contributed by atoms with van der Waals surface area (Å²) < 4.78 is 22.1. The number of hydrogen-bond donors (Lipinski definition) is 0. The number of benzene rings is 2. The average molecular weight is 468 g/mol. The smallest absolute Gasteiger partial charge is 0.266 e. The molecule has 0 aromatic heterocycles. The molecule has 1 amide bonds. The van der Waals surface area contributed by atoms with Gasteiger partial charge in [0.25, 0.3) is 5.91 Å². The molecule has 9 heteroatoms. The first-order valence-corrected chi connectivity index (χ1v) is 11.7. The van der Waals surface area contributed by atoms with Crippen LogP contribution in [0.5, 0.6) is 17.2 Å². The zero-order valence-electron chi connectivity index (χ0n) is 18.6. The lowest BCUT2D eigenvalue weighted by Gasteiger charge is -2.28. The highest BCUT2D eigenvalue weighted by molar-refractivity contribution is 8.18. The Labute approximate surface area is 196 Å². The lowest BCUT2D eigenvalue weighted by molar-refractivity contribution is -0.121. The van der Waals surface area contributed by atoms with Crippen LogP contribution in [0.2, 0.25) is 0 Å². The molecule has 2 aromatic rings. The monoisotopic (exact) mass is 467 g/mol. The molecule has 8 nitrogen and oxygen atoms in total. The minimum Gasteiger partial charge on any atom is -0.493 e.